The van der Waals surface area contributed by atoms with Gasteiger partial charge in [0.1, 0.15) is 18.5 Å². The molecule has 8 nitrogen and oxygen atoms in total. The molecule has 2 aromatic rings. The molecule has 0 spiro atoms. The van der Waals surface area contributed by atoms with Crippen LogP contribution in [0, 0.1) is 0 Å². The van der Waals surface area contributed by atoms with Crippen LogP contribution in [-0.4, -0.2) is 68.5 Å². The molecule has 3 rings (SSSR count). The molecule has 0 N–H and O–H groups in total. The van der Waals surface area contributed by atoms with Gasteiger partial charge >= 0.3 is 6.01 Å². The molecule has 1 aromatic carbocycles. The van der Waals surface area contributed by atoms with E-state index in [0.29, 0.717) is 50.9 Å². The van der Waals surface area contributed by atoms with E-state index >= 15 is 0 Å². The molecule has 142 valence electrons. The molecule has 1 aromatic heterocycles. The summed E-state index contributed by atoms with van der Waals surface area (Å²) in [6.07, 6.45) is 4.09. The smallest absolute Gasteiger partial charge is 0.317 e. The standard InChI is InChI=1S/C17H23N3O5S/c1-23-9-10-24-15-4-3-13-12-18-17(19-16(13)11-15)25-14-5-7-20(8-6-14)26(2,21)22/h3-4,11-12,14H,5-10H2,1-2H3. The summed E-state index contributed by atoms with van der Waals surface area (Å²) in [7, 11) is -1.52. The third-order valence-electron chi connectivity index (χ3n) is 4.23. The van der Waals surface area contributed by atoms with Crippen molar-refractivity contribution < 1.29 is 22.6 Å². The lowest BCUT2D eigenvalue weighted by atomic mass is 10.1. The first-order valence-corrected chi connectivity index (χ1v) is 10.3. The van der Waals surface area contributed by atoms with Gasteiger partial charge in [-0.05, 0) is 25.0 Å². The Balaban J connectivity index is 1.65. The van der Waals surface area contributed by atoms with Crippen LogP contribution in [0.25, 0.3) is 10.9 Å². The number of ether oxygens (including phenoxy) is 3. The molecule has 1 aliphatic rings. The average molecular weight is 381 g/mol. The molecule has 2 heterocycles. The molecule has 0 radical (unpaired) electrons. The highest BCUT2D eigenvalue weighted by molar-refractivity contribution is 7.88. The number of aromatic nitrogens is 2. The summed E-state index contributed by atoms with van der Waals surface area (Å²) in [5.74, 6) is 0.709. The highest BCUT2D eigenvalue weighted by Gasteiger charge is 2.26. The van der Waals surface area contributed by atoms with Gasteiger partial charge in [-0.25, -0.2) is 17.7 Å². The van der Waals surface area contributed by atoms with Crippen LogP contribution in [0.1, 0.15) is 12.8 Å². The molecular formula is C17H23N3O5S. The second-order valence-electron chi connectivity index (χ2n) is 6.19. The van der Waals surface area contributed by atoms with Crippen molar-refractivity contribution in [2.45, 2.75) is 18.9 Å². The average Bonchev–Trinajstić information content (AvgIpc) is 2.61. The van der Waals surface area contributed by atoms with Crippen molar-refractivity contribution in [3.63, 3.8) is 0 Å². The number of benzene rings is 1. The van der Waals surface area contributed by atoms with Gasteiger partial charge in [0.05, 0.1) is 18.4 Å². The Morgan fingerprint density at radius 3 is 2.69 bits per heavy atom. The fourth-order valence-electron chi connectivity index (χ4n) is 2.81. The van der Waals surface area contributed by atoms with Crippen molar-refractivity contribution in [3.05, 3.63) is 24.4 Å². The fraction of sp³-hybridized carbons (Fsp3) is 0.529. The maximum absolute atomic E-state index is 11.6. The van der Waals surface area contributed by atoms with Crippen LogP contribution in [0.3, 0.4) is 0 Å². The topological polar surface area (TPSA) is 90.9 Å². The Morgan fingerprint density at radius 2 is 2.00 bits per heavy atom. The van der Waals surface area contributed by atoms with Gasteiger partial charge in [-0.3, -0.25) is 0 Å². The lowest BCUT2D eigenvalue weighted by Crippen LogP contribution is -2.41. The summed E-state index contributed by atoms with van der Waals surface area (Å²) in [4.78, 5) is 8.70. The molecular weight excluding hydrogens is 358 g/mol. The maximum atomic E-state index is 11.6. The first-order valence-electron chi connectivity index (χ1n) is 8.46. The van der Waals surface area contributed by atoms with Crippen molar-refractivity contribution in [1.29, 1.82) is 0 Å². The predicted molar refractivity (Wildman–Crippen MR) is 97.0 cm³/mol. The molecule has 1 fully saturated rings. The minimum Gasteiger partial charge on any atom is -0.491 e. The van der Waals surface area contributed by atoms with Crippen LogP contribution in [0.15, 0.2) is 24.4 Å². The van der Waals surface area contributed by atoms with E-state index in [9.17, 15) is 8.42 Å². The molecule has 9 heteroatoms. The summed E-state index contributed by atoms with van der Waals surface area (Å²) in [6, 6.07) is 5.89. The van der Waals surface area contributed by atoms with Crippen LogP contribution in [0.2, 0.25) is 0 Å². The Labute approximate surface area is 153 Å². The number of sulfonamides is 1. The first-order chi connectivity index (χ1) is 12.5. The number of methoxy groups -OCH3 is 1. The molecule has 0 unspecified atom stereocenters. The molecule has 1 saturated heterocycles. The molecule has 0 amide bonds. The molecule has 1 aliphatic heterocycles. The number of hydrogen-bond donors (Lipinski definition) is 0. The molecule has 0 aliphatic carbocycles. The number of nitrogens with zero attached hydrogens (tertiary/aromatic N) is 3. The number of hydrogen-bond acceptors (Lipinski definition) is 7. The van der Waals surface area contributed by atoms with Crippen LogP contribution in [-0.2, 0) is 14.8 Å². The quantitative estimate of drug-likeness (QED) is 0.671. The van der Waals surface area contributed by atoms with Gasteiger partial charge in [-0.1, -0.05) is 0 Å². The molecule has 26 heavy (non-hydrogen) atoms. The summed E-state index contributed by atoms with van der Waals surface area (Å²) in [5, 5.41) is 0.892. The minimum atomic E-state index is -3.14. The van der Waals surface area contributed by atoms with Crippen molar-refractivity contribution in [2.75, 3.05) is 39.7 Å². The van der Waals surface area contributed by atoms with Gasteiger partial charge in [0, 0.05) is 37.8 Å². The SMILES string of the molecule is COCCOc1ccc2cnc(OC3CCN(S(C)(=O)=O)CC3)nc2c1. The van der Waals surface area contributed by atoms with Gasteiger partial charge in [0.25, 0.3) is 0 Å². The van der Waals surface area contributed by atoms with E-state index in [1.54, 1.807) is 13.3 Å². The normalized spacial score (nSPS) is 16.7. The number of fused-ring (bicyclic) bond motifs is 1. The Bertz CT molecular complexity index is 851. The highest BCUT2D eigenvalue weighted by Crippen LogP contribution is 2.22. The number of piperidine rings is 1. The van der Waals surface area contributed by atoms with Crippen LogP contribution >= 0.6 is 0 Å². The van der Waals surface area contributed by atoms with Gasteiger partial charge < -0.3 is 14.2 Å². The monoisotopic (exact) mass is 381 g/mol. The van der Waals surface area contributed by atoms with Gasteiger partial charge in [-0.15, -0.1) is 0 Å². The lowest BCUT2D eigenvalue weighted by molar-refractivity contribution is 0.125. The lowest BCUT2D eigenvalue weighted by Gasteiger charge is -2.29. The van der Waals surface area contributed by atoms with E-state index in [2.05, 4.69) is 9.97 Å². The van der Waals surface area contributed by atoms with E-state index in [0.717, 1.165) is 10.9 Å². The maximum Gasteiger partial charge on any atom is 0.317 e. The van der Waals surface area contributed by atoms with Crippen molar-refractivity contribution in [2.24, 2.45) is 0 Å². The highest BCUT2D eigenvalue weighted by atomic mass is 32.2. The minimum absolute atomic E-state index is 0.0911. The van der Waals surface area contributed by atoms with Crippen molar-refractivity contribution >= 4 is 20.9 Å². The van der Waals surface area contributed by atoms with Gasteiger partial charge in [0.2, 0.25) is 10.0 Å². The summed E-state index contributed by atoms with van der Waals surface area (Å²) in [6.45, 7) is 1.89. The van der Waals surface area contributed by atoms with Crippen molar-refractivity contribution in [1.82, 2.24) is 14.3 Å². The zero-order valence-corrected chi connectivity index (χ0v) is 15.7. The van der Waals surface area contributed by atoms with Gasteiger partial charge in [-0.2, -0.15) is 4.98 Å². The van der Waals surface area contributed by atoms with Crippen LogP contribution < -0.4 is 9.47 Å². The number of rotatable bonds is 7. The second-order valence-corrected chi connectivity index (χ2v) is 8.18. The summed E-state index contributed by atoms with van der Waals surface area (Å²) < 4.78 is 41.0. The third-order valence-corrected chi connectivity index (χ3v) is 5.53. The zero-order valence-electron chi connectivity index (χ0n) is 14.9. The molecule has 0 saturated carbocycles. The molecule has 0 atom stereocenters. The van der Waals surface area contributed by atoms with E-state index in [4.69, 9.17) is 14.2 Å². The third kappa shape index (κ3) is 4.80. The van der Waals surface area contributed by atoms with Crippen LogP contribution in [0.4, 0.5) is 0 Å². The van der Waals surface area contributed by atoms with E-state index in [1.807, 2.05) is 18.2 Å². The largest absolute Gasteiger partial charge is 0.491 e. The Kier molecular flexibility index (Phi) is 5.90. The zero-order chi connectivity index (χ0) is 18.6. The van der Waals surface area contributed by atoms with E-state index < -0.39 is 10.0 Å². The summed E-state index contributed by atoms with van der Waals surface area (Å²) in [5.41, 5.74) is 0.735. The first kappa shape index (κ1) is 18.8. The second kappa shape index (κ2) is 8.15. The van der Waals surface area contributed by atoms with E-state index in [-0.39, 0.29) is 6.10 Å². The summed E-state index contributed by atoms with van der Waals surface area (Å²) >= 11 is 0. The van der Waals surface area contributed by atoms with E-state index in [1.165, 1.54) is 10.6 Å². The van der Waals surface area contributed by atoms with Gasteiger partial charge in [0.15, 0.2) is 0 Å². The van der Waals surface area contributed by atoms with Crippen molar-refractivity contribution in [3.8, 4) is 11.8 Å². The molecule has 0 bridgehead atoms. The fourth-order valence-corrected chi connectivity index (χ4v) is 3.68. The predicted octanol–water partition coefficient (Wildman–Crippen LogP) is 1.46. The Morgan fingerprint density at radius 1 is 1.23 bits per heavy atom. The Hall–Kier alpha value is -1.97. The van der Waals surface area contributed by atoms with Crippen LogP contribution in [0.5, 0.6) is 11.8 Å².